The van der Waals surface area contributed by atoms with Gasteiger partial charge in [0.15, 0.2) is 5.65 Å². The molecule has 168 valence electrons. The third kappa shape index (κ3) is 4.80. The van der Waals surface area contributed by atoms with Gasteiger partial charge in [0.25, 0.3) is 0 Å². The minimum absolute atomic E-state index is 0.159. The SMILES string of the molecule is CN(C)c1ccc(-c2cc(-c3cccc(Br)c3)c3c(NC(=O)C(F)(F)F)ncnc3n2)cc1. The molecule has 0 aliphatic heterocycles. The van der Waals surface area contributed by atoms with Crippen molar-refractivity contribution in [1.29, 1.82) is 0 Å². The Morgan fingerprint density at radius 3 is 2.36 bits per heavy atom. The Morgan fingerprint density at radius 1 is 1.00 bits per heavy atom. The second kappa shape index (κ2) is 8.78. The van der Waals surface area contributed by atoms with Crippen LogP contribution in [0.25, 0.3) is 33.4 Å². The Labute approximate surface area is 195 Å². The first kappa shape index (κ1) is 22.7. The highest BCUT2D eigenvalue weighted by Crippen LogP contribution is 2.36. The lowest BCUT2D eigenvalue weighted by Gasteiger charge is -2.15. The number of nitrogens with zero attached hydrogens (tertiary/aromatic N) is 4. The Bertz CT molecular complexity index is 1340. The Balaban J connectivity index is 1.94. The van der Waals surface area contributed by atoms with Crippen LogP contribution in [0.5, 0.6) is 0 Å². The van der Waals surface area contributed by atoms with E-state index in [2.05, 4.69) is 30.9 Å². The number of alkyl halides is 3. The standard InChI is InChI=1S/C23H17BrF3N5O/c1-32(2)16-8-6-13(7-9-16)18-11-17(14-4-3-5-15(24)10-14)19-20(30-18)28-12-29-21(19)31-22(33)23(25,26)27/h3-12H,1-2H3,(H,28,29,30,31,33). The number of carbonyl (C=O) groups excluding carboxylic acids is 1. The van der Waals surface area contributed by atoms with Crippen LogP contribution in [0.1, 0.15) is 0 Å². The number of hydrogen-bond acceptors (Lipinski definition) is 5. The van der Waals surface area contributed by atoms with E-state index in [-0.39, 0.29) is 16.9 Å². The van der Waals surface area contributed by atoms with Crippen molar-refractivity contribution in [2.75, 3.05) is 24.3 Å². The molecule has 0 aliphatic carbocycles. The van der Waals surface area contributed by atoms with Gasteiger partial charge in [0.05, 0.1) is 11.1 Å². The van der Waals surface area contributed by atoms with E-state index < -0.39 is 12.1 Å². The summed E-state index contributed by atoms with van der Waals surface area (Å²) in [7, 11) is 3.87. The molecule has 2 heterocycles. The number of anilines is 2. The summed E-state index contributed by atoms with van der Waals surface area (Å²) in [4.78, 5) is 26.2. The fraction of sp³-hybridized carbons (Fsp3) is 0.130. The summed E-state index contributed by atoms with van der Waals surface area (Å²) in [6.45, 7) is 0. The molecule has 10 heteroatoms. The summed E-state index contributed by atoms with van der Waals surface area (Å²) in [6, 6.07) is 16.7. The molecule has 0 radical (unpaired) electrons. The number of hydrogen-bond donors (Lipinski definition) is 1. The Hall–Kier alpha value is -3.53. The van der Waals surface area contributed by atoms with Gasteiger partial charge in [0, 0.05) is 29.8 Å². The topological polar surface area (TPSA) is 71.0 Å². The van der Waals surface area contributed by atoms with Crippen molar-refractivity contribution in [3.8, 4) is 22.4 Å². The van der Waals surface area contributed by atoms with E-state index >= 15 is 0 Å². The molecule has 1 N–H and O–H groups in total. The van der Waals surface area contributed by atoms with Crippen LogP contribution in [0.2, 0.25) is 0 Å². The molecule has 0 bridgehead atoms. The minimum atomic E-state index is -5.06. The largest absolute Gasteiger partial charge is 0.471 e. The van der Waals surface area contributed by atoms with Gasteiger partial charge < -0.3 is 10.2 Å². The molecule has 0 aliphatic rings. The van der Waals surface area contributed by atoms with Gasteiger partial charge in [-0.15, -0.1) is 0 Å². The number of aromatic nitrogens is 3. The highest BCUT2D eigenvalue weighted by atomic mass is 79.9. The van der Waals surface area contributed by atoms with Crippen LogP contribution in [-0.2, 0) is 4.79 Å². The molecule has 0 atom stereocenters. The average molecular weight is 516 g/mol. The van der Waals surface area contributed by atoms with E-state index in [9.17, 15) is 18.0 Å². The molecular weight excluding hydrogens is 499 g/mol. The van der Waals surface area contributed by atoms with Gasteiger partial charge in [-0.1, -0.05) is 40.2 Å². The van der Waals surface area contributed by atoms with Crippen LogP contribution in [0, 0.1) is 0 Å². The van der Waals surface area contributed by atoms with E-state index in [0.29, 0.717) is 16.8 Å². The molecule has 1 amide bonds. The summed E-state index contributed by atoms with van der Waals surface area (Å²) >= 11 is 3.42. The van der Waals surface area contributed by atoms with Crippen molar-refractivity contribution in [3.63, 3.8) is 0 Å². The number of halogens is 4. The van der Waals surface area contributed by atoms with Crippen LogP contribution in [-0.4, -0.2) is 41.1 Å². The minimum Gasteiger partial charge on any atom is -0.378 e. The second-order valence-corrected chi connectivity index (χ2v) is 8.30. The number of fused-ring (bicyclic) bond motifs is 1. The molecule has 33 heavy (non-hydrogen) atoms. The van der Waals surface area contributed by atoms with Gasteiger partial charge in [0.1, 0.15) is 12.1 Å². The Kier molecular flexibility index (Phi) is 6.03. The lowest BCUT2D eigenvalue weighted by Crippen LogP contribution is -2.30. The summed E-state index contributed by atoms with van der Waals surface area (Å²) < 4.78 is 39.5. The summed E-state index contributed by atoms with van der Waals surface area (Å²) in [6.07, 6.45) is -3.99. The molecular formula is C23H17BrF3N5O. The summed E-state index contributed by atoms with van der Waals surface area (Å²) in [5.41, 5.74) is 3.77. The van der Waals surface area contributed by atoms with Gasteiger partial charge in [-0.05, 0) is 41.5 Å². The van der Waals surface area contributed by atoms with E-state index in [4.69, 9.17) is 0 Å². The van der Waals surface area contributed by atoms with Crippen LogP contribution >= 0.6 is 15.9 Å². The molecule has 4 rings (SSSR count). The van der Waals surface area contributed by atoms with E-state index in [1.807, 2.05) is 60.7 Å². The normalized spacial score (nSPS) is 11.5. The van der Waals surface area contributed by atoms with Crippen molar-refractivity contribution in [2.24, 2.45) is 0 Å². The number of rotatable bonds is 4. The van der Waals surface area contributed by atoms with Crippen molar-refractivity contribution in [1.82, 2.24) is 15.0 Å². The van der Waals surface area contributed by atoms with Crippen molar-refractivity contribution in [2.45, 2.75) is 6.18 Å². The van der Waals surface area contributed by atoms with E-state index in [1.165, 1.54) is 0 Å². The molecule has 0 spiro atoms. The third-order valence-corrected chi connectivity index (χ3v) is 5.40. The molecule has 4 aromatic rings. The Morgan fingerprint density at radius 2 is 1.73 bits per heavy atom. The first-order valence-corrected chi connectivity index (χ1v) is 10.5. The van der Waals surface area contributed by atoms with Crippen molar-refractivity contribution in [3.05, 3.63) is 65.4 Å². The monoisotopic (exact) mass is 515 g/mol. The van der Waals surface area contributed by atoms with Gasteiger partial charge in [-0.2, -0.15) is 13.2 Å². The van der Waals surface area contributed by atoms with E-state index in [1.54, 1.807) is 18.2 Å². The lowest BCUT2D eigenvalue weighted by molar-refractivity contribution is -0.167. The van der Waals surface area contributed by atoms with Gasteiger partial charge in [-0.3, -0.25) is 4.79 Å². The highest BCUT2D eigenvalue weighted by Gasteiger charge is 2.39. The van der Waals surface area contributed by atoms with E-state index in [0.717, 1.165) is 22.1 Å². The number of carbonyl (C=O) groups is 1. The molecule has 0 saturated heterocycles. The predicted molar refractivity (Wildman–Crippen MR) is 125 cm³/mol. The van der Waals surface area contributed by atoms with Crippen LogP contribution in [0.4, 0.5) is 24.7 Å². The zero-order chi connectivity index (χ0) is 23.8. The molecule has 2 aromatic heterocycles. The van der Waals surface area contributed by atoms with Gasteiger partial charge in [-0.25, -0.2) is 15.0 Å². The summed E-state index contributed by atoms with van der Waals surface area (Å²) in [5, 5.41) is 2.07. The molecule has 6 nitrogen and oxygen atoms in total. The average Bonchev–Trinajstić information content (AvgIpc) is 2.78. The molecule has 0 fully saturated rings. The highest BCUT2D eigenvalue weighted by molar-refractivity contribution is 9.10. The molecule has 0 unspecified atom stereocenters. The van der Waals surface area contributed by atoms with Gasteiger partial charge >= 0.3 is 12.1 Å². The maximum absolute atomic E-state index is 12.9. The number of nitrogens with one attached hydrogen (secondary N) is 1. The smallest absolute Gasteiger partial charge is 0.378 e. The quantitative estimate of drug-likeness (QED) is 0.378. The second-order valence-electron chi connectivity index (χ2n) is 7.38. The van der Waals surface area contributed by atoms with Crippen LogP contribution < -0.4 is 10.2 Å². The van der Waals surface area contributed by atoms with Gasteiger partial charge in [0.2, 0.25) is 0 Å². The first-order chi connectivity index (χ1) is 15.6. The van der Waals surface area contributed by atoms with Crippen molar-refractivity contribution >= 4 is 44.4 Å². The zero-order valence-electron chi connectivity index (χ0n) is 17.5. The fourth-order valence-corrected chi connectivity index (χ4v) is 3.70. The zero-order valence-corrected chi connectivity index (χ0v) is 19.1. The third-order valence-electron chi connectivity index (χ3n) is 4.91. The summed E-state index contributed by atoms with van der Waals surface area (Å²) in [5.74, 6) is -2.38. The number of pyridine rings is 1. The maximum atomic E-state index is 12.9. The molecule has 2 aromatic carbocycles. The number of amides is 1. The predicted octanol–water partition coefficient (Wildman–Crippen LogP) is 5.69. The fourth-order valence-electron chi connectivity index (χ4n) is 3.30. The van der Waals surface area contributed by atoms with Crippen LogP contribution in [0.3, 0.4) is 0 Å². The maximum Gasteiger partial charge on any atom is 0.471 e. The lowest BCUT2D eigenvalue weighted by atomic mass is 9.99. The van der Waals surface area contributed by atoms with Crippen molar-refractivity contribution < 1.29 is 18.0 Å². The number of benzene rings is 2. The van der Waals surface area contributed by atoms with Crippen LogP contribution in [0.15, 0.2) is 65.4 Å². The molecule has 0 saturated carbocycles. The first-order valence-electron chi connectivity index (χ1n) is 9.71.